The lowest BCUT2D eigenvalue weighted by Gasteiger charge is -2.64. The predicted octanol–water partition coefficient (Wildman–Crippen LogP) is 1.90. The van der Waals surface area contributed by atoms with Gasteiger partial charge in [0.2, 0.25) is 5.91 Å². The molecular formula is C16H24ClNO4. The molecule has 4 fully saturated rings. The lowest BCUT2D eigenvalue weighted by atomic mass is 9.45. The van der Waals surface area contributed by atoms with E-state index in [1.807, 2.05) is 0 Å². The third-order valence-corrected chi connectivity index (χ3v) is 6.55. The van der Waals surface area contributed by atoms with Crippen LogP contribution >= 0.6 is 11.6 Å². The SMILES string of the molecule is CCC(NC(C)=O)(C(=O)O)[C@@H]1[C@@H]2C[C@H]3C[C@@](Cl)(C2)C[C@]1(O)C3. The summed E-state index contributed by atoms with van der Waals surface area (Å²) < 4.78 is 0. The maximum Gasteiger partial charge on any atom is 0.329 e. The van der Waals surface area contributed by atoms with E-state index < -0.39 is 27.9 Å². The zero-order chi connectivity index (χ0) is 16.3. The van der Waals surface area contributed by atoms with E-state index in [1.165, 1.54) is 6.92 Å². The Kier molecular flexibility index (Phi) is 3.53. The number of aliphatic hydroxyl groups is 1. The van der Waals surface area contributed by atoms with Gasteiger partial charge in [-0.05, 0) is 50.4 Å². The molecule has 0 aromatic rings. The lowest BCUT2D eigenvalue weighted by Crippen LogP contribution is -2.73. The van der Waals surface area contributed by atoms with Crippen molar-refractivity contribution in [2.75, 3.05) is 0 Å². The molecule has 4 rings (SSSR count). The Labute approximate surface area is 135 Å². The summed E-state index contributed by atoms with van der Waals surface area (Å²) in [6.45, 7) is 3.09. The monoisotopic (exact) mass is 329 g/mol. The first-order valence-electron chi connectivity index (χ1n) is 8.07. The number of rotatable bonds is 4. The normalized spacial score (nSPS) is 45.4. The van der Waals surface area contributed by atoms with Gasteiger partial charge in [-0.15, -0.1) is 11.6 Å². The Bertz CT molecular complexity index is 526. The number of alkyl halides is 1. The standard InChI is InChI=1S/C16H24ClNO4/c1-3-16(13(20)21,18-9(2)19)12-11-4-10-5-14(17,7-11)8-15(12,22)6-10/h10-12,22H,3-8H2,1-2H3,(H,18,19)(H,20,21)/t10-,11+,12+,14+,15+,16?/m0/s1. The molecule has 1 unspecified atom stereocenters. The largest absolute Gasteiger partial charge is 0.479 e. The fraction of sp³-hybridized carbons (Fsp3) is 0.875. The number of halogens is 1. The van der Waals surface area contributed by atoms with Crippen molar-refractivity contribution in [1.82, 2.24) is 5.32 Å². The number of hydrogen-bond donors (Lipinski definition) is 3. The van der Waals surface area contributed by atoms with Gasteiger partial charge in [0.1, 0.15) is 5.54 Å². The van der Waals surface area contributed by atoms with Crippen LogP contribution in [0.2, 0.25) is 0 Å². The Morgan fingerprint density at radius 3 is 2.50 bits per heavy atom. The van der Waals surface area contributed by atoms with Crippen LogP contribution in [0.15, 0.2) is 0 Å². The molecule has 0 aromatic carbocycles. The summed E-state index contributed by atoms with van der Waals surface area (Å²) in [5.74, 6) is -1.49. The van der Waals surface area contributed by atoms with Crippen LogP contribution in [0.3, 0.4) is 0 Å². The Balaban J connectivity index is 2.05. The molecule has 0 aliphatic heterocycles. The molecule has 4 aliphatic carbocycles. The maximum absolute atomic E-state index is 12.1. The third kappa shape index (κ3) is 2.16. The van der Waals surface area contributed by atoms with Gasteiger partial charge in [-0.1, -0.05) is 6.92 Å². The average molecular weight is 330 g/mol. The third-order valence-electron chi connectivity index (χ3n) is 6.10. The first-order valence-corrected chi connectivity index (χ1v) is 8.45. The van der Waals surface area contributed by atoms with Gasteiger partial charge in [0.05, 0.1) is 5.60 Å². The van der Waals surface area contributed by atoms with E-state index >= 15 is 0 Å². The van der Waals surface area contributed by atoms with Gasteiger partial charge in [0.25, 0.3) is 0 Å². The zero-order valence-corrected chi connectivity index (χ0v) is 13.8. The molecule has 0 saturated heterocycles. The number of carbonyl (C=O) groups excluding carboxylic acids is 1. The molecular weight excluding hydrogens is 306 g/mol. The highest BCUT2D eigenvalue weighted by atomic mass is 35.5. The van der Waals surface area contributed by atoms with Crippen molar-refractivity contribution in [2.45, 2.75) is 68.4 Å². The van der Waals surface area contributed by atoms with Crippen LogP contribution < -0.4 is 5.32 Å². The minimum atomic E-state index is -1.41. The van der Waals surface area contributed by atoms with Crippen molar-refractivity contribution in [1.29, 1.82) is 0 Å². The Hall–Kier alpha value is -0.810. The number of aliphatic carboxylic acids is 1. The molecule has 6 atom stereocenters. The van der Waals surface area contributed by atoms with Gasteiger partial charge in [-0.25, -0.2) is 4.79 Å². The molecule has 1 amide bonds. The molecule has 4 saturated carbocycles. The fourth-order valence-corrected chi connectivity index (χ4v) is 6.56. The second kappa shape index (κ2) is 4.84. The van der Waals surface area contributed by atoms with Gasteiger partial charge in [0.15, 0.2) is 0 Å². The van der Waals surface area contributed by atoms with Crippen LogP contribution in [-0.4, -0.2) is 38.1 Å². The lowest BCUT2D eigenvalue weighted by molar-refractivity contribution is -0.201. The molecule has 0 radical (unpaired) electrons. The Morgan fingerprint density at radius 1 is 1.36 bits per heavy atom. The van der Waals surface area contributed by atoms with Crippen molar-refractivity contribution >= 4 is 23.5 Å². The van der Waals surface area contributed by atoms with Gasteiger partial charge in [-0.3, -0.25) is 4.79 Å². The molecule has 0 aromatic heterocycles. The summed E-state index contributed by atoms with van der Waals surface area (Å²) in [6, 6.07) is 0. The van der Waals surface area contributed by atoms with E-state index in [2.05, 4.69) is 5.32 Å². The fourth-order valence-electron chi connectivity index (χ4n) is 5.91. The summed E-state index contributed by atoms with van der Waals surface area (Å²) in [6.07, 6.45) is 3.81. The molecule has 3 N–H and O–H groups in total. The van der Waals surface area contributed by atoms with Crippen LogP contribution in [0.5, 0.6) is 0 Å². The van der Waals surface area contributed by atoms with Gasteiger partial charge in [0, 0.05) is 17.7 Å². The second-order valence-electron chi connectivity index (χ2n) is 7.69. The number of carbonyl (C=O) groups is 2. The molecule has 4 aliphatic rings. The quantitative estimate of drug-likeness (QED) is 0.688. The van der Waals surface area contributed by atoms with E-state index in [4.69, 9.17) is 11.6 Å². The second-order valence-corrected chi connectivity index (χ2v) is 8.50. The van der Waals surface area contributed by atoms with E-state index in [9.17, 15) is 19.8 Å². The summed E-state index contributed by atoms with van der Waals surface area (Å²) in [7, 11) is 0. The van der Waals surface area contributed by atoms with Gasteiger partial charge >= 0.3 is 5.97 Å². The molecule has 0 heterocycles. The van der Waals surface area contributed by atoms with Crippen LogP contribution in [0, 0.1) is 17.8 Å². The van der Waals surface area contributed by atoms with Crippen molar-refractivity contribution in [2.24, 2.45) is 17.8 Å². The van der Waals surface area contributed by atoms with Crippen molar-refractivity contribution < 1.29 is 19.8 Å². The maximum atomic E-state index is 12.1. The summed E-state index contributed by atoms with van der Waals surface area (Å²) in [5, 5.41) is 23.8. The predicted molar refractivity (Wildman–Crippen MR) is 81.6 cm³/mol. The minimum Gasteiger partial charge on any atom is -0.479 e. The molecule has 6 heteroatoms. The minimum absolute atomic E-state index is 0.0478. The van der Waals surface area contributed by atoms with Crippen molar-refractivity contribution in [3.63, 3.8) is 0 Å². The summed E-state index contributed by atoms with van der Waals surface area (Å²) >= 11 is 6.67. The smallest absolute Gasteiger partial charge is 0.329 e. The number of nitrogens with one attached hydrogen (secondary N) is 1. The van der Waals surface area contributed by atoms with E-state index in [0.29, 0.717) is 18.8 Å². The van der Waals surface area contributed by atoms with E-state index in [-0.39, 0.29) is 18.2 Å². The van der Waals surface area contributed by atoms with Crippen LogP contribution in [0.4, 0.5) is 0 Å². The number of carboxylic acids is 1. The molecule has 124 valence electrons. The average Bonchev–Trinajstić information content (AvgIpc) is 2.32. The number of hydrogen-bond acceptors (Lipinski definition) is 3. The number of amides is 1. The van der Waals surface area contributed by atoms with Crippen LogP contribution in [0.25, 0.3) is 0 Å². The Morgan fingerprint density at radius 2 is 2.05 bits per heavy atom. The molecule has 5 nitrogen and oxygen atoms in total. The number of carboxylic acid groups (broad SMARTS) is 1. The highest BCUT2D eigenvalue weighted by Crippen LogP contribution is 2.64. The van der Waals surface area contributed by atoms with Gasteiger partial charge in [-0.2, -0.15) is 0 Å². The van der Waals surface area contributed by atoms with E-state index in [0.717, 1.165) is 19.3 Å². The van der Waals surface area contributed by atoms with E-state index in [1.54, 1.807) is 6.92 Å². The van der Waals surface area contributed by atoms with Crippen molar-refractivity contribution in [3.05, 3.63) is 0 Å². The van der Waals surface area contributed by atoms with Crippen molar-refractivity contribution in [3.8, 4) is 0 Å². The molecule has 4 bridgehead atoms. The molecule has 22 heavy (non-hydrogen) atoms. The summed E-state index contributed by atoms with van der Waals surface area (Å²) in [5.41, 5.74) is -2.51. The first kappa shape index (κ1) is 16.1. The van der Waals surface area contributed by atoms with Crippen LogP contribution in [-0.2, 0) is 9.59 Å². The molecule has 0 spiro atoms. The van der Waals surface area contributed by atoms with Gasteiger partial charge < -0.3 is 15.5 Å². The first-order chi connectivity index (χ1) is 10.1. The highest BCUT2D eigenvalue weighted by Gasteiger charge is 2.68. The summed E-state index contributed by atoms with van der Waals surface area (Å²) in [4.78, 5) is 23.3. The zero-order valence-electron chi connectivity index (χ0n) is 13.1. The topological polar surface area (TPSA) is 86.6 Å². The van der Waals surface area contributed by atoms with Crippen LogP contribution in [0.1, 0.15) is 52.4 Å². The highest BCUT2D eigenvalue weighted by molar-refractivity contribution is 6.24.